The fourth-order valence-electron chi connectivity index (χ4n) is 3.97. The van der Waals surface area contributed by atoms with Crippen molar-refractivity contribution in [3.63, 3.8) is 0 Å². The number of piperidine rings is 1. The van der Waals surface area contributed by atoms with Crippen molar-refractivity contribution >= 4 is 18.7 Å². The molecule has 1 amide bonds. The summed E-state index contributed by atoms with van der Waals surface area (Å²) in [6.45, 7) is 13.5. The summed E-state index contributed by atoms with van der Waals surface area (Å²) in [6.07, 6.45) is -3.77. The van der Waals surface area contributed by atoms with Gasteiger partial charge in [-0.3, -0.25) is 0 Å². The first kappa shape index (κ1) is 24.9. The monoisotopic (exact) mass is 455 g/mol. The lowest BCUT2D eigenvalue weighted by molar-refractivity contribution is -0.136. The van der Waals surface area contributed by atoms with E-state index in [0.717, 1.165) is 0 Å². The molecule has 2 heterocycles. The minimum Gasteiger partial charge on any atom is -0.444 e. The summed E-state index contributed by atoms with van der Waals surface area (Å²) in [5.74, 6) is -0.0675. The van der Waals surface area contributed by atoms with E-state index in [-0.39, 0.29) is 17.5 Å². The van der Waals surface area contributed by atoms with E-state index in [4.69, 9.17) is 14.0 Å². The quantitative estimate of drug-likeness (QED) is 0.581. The van der Waals surface area contributed by atoms with Crippen LogP contribution in [-0.4, -0.2) is 48.0 Å². The zero-order valence-electron chi connectivity index (χ0n) is 19.9. The first-order valence-electron chi connectivity index (χ1n) is 11.0. The van der Waals surface area contributed by atoms with Crippen LogP contribution < -0.4 is 5.46 Å². The molecule has 9 heteroatoms. The summed E-state index contributed by atoms with van der Waals surface area (Å²) in [5.41, 5.74) is -2.17. The van der Waals surface area contributed by atoms with Crippen molar-refractivity contribution in [2.45, 2.75) is 90.2 Å². The van der Waals surface area contributed by atoms with E-state index in [1.54, 1.807) is 31.7 Å². The third kappa shape index (κ3) is 5.25. The van der Waals surface area contributed by atoms with Gasteiger partial charge in [0.05, 0.1) is 16.8 Å². The largest absolute Gasteiger partial charge is 0.495 e. The van der Waals surface area contributed by atoms with Crippen LogP contribution in [0, 0.1) is 0 Å². The summed E-state index contributed by atoms with van der Waals surface area (Å²) in [4.78, 5) is 13.9. The summed E-state index contributed by atoms with van der Waals surface area (Å²) in [6, 6.07) is 4.41. The standard InChI is InChI=1S/C23H33BF3NO4/c1-20(2,3)30-19(29)28-12-10-15(11-13-28)16-8-9-18(17(14-16)23(25,26)27)24-31-21(4,5)22(6,7)32-24/h8-9,14-15H,10-13H2,1-7H3. The molecule has 0 unspecified atom stereocenters. The highest BCUT2D eigenvalue weighted by atomic mass is 19.4. The Balaban J connectivity index is 1.78. The van der Waals surface area contributed by atoms with Crippen LogP contribution in [0.3, 0.4) is 0 Å². The minimum absolute atomic E-state index is 0.00825. The summed E-state index contributed by atoms with van der Waals surface area (Å²) >= 11 is 0. The second-order valence-electron chi connectivity index (χ2n) is 10.7. The Morgan fingerprint density at radius 3 is 2.06 bits per heavy atom. The smallest absolute Gasteiger partial charge is 0.444 e. The van der Waals surface area contributed by atoms with Crippen molar-refractivity contribution in [2.75, 3.05) is 13.1 Å². The Morgan fingerprint density at radius 1 is 1.06 bits per heavy atom. The number of hydrogen-bond donors (Lipinski definition) is 0. The third-order valence-corrected chi connectivity index (χ3v) is 6.51. The first-order valence-corrected chi connectivity index (χ1v) is 11.0. The number of ether oxygens (including phenoxy) is 1. The van der Waals surface area contributed by atoms with Crippen LogP contribution in [0.25, 0.3) is 0 Å². The minimum atomic E-state index is -4.54. The Hall–Kier alpha value is -1.74. The van der Waals surface area contributed by atoms with Gasteiger partial charge in [0.1, 0.15) is 5.60 Å². The zero-order chi connectivity index (χ0) is 24.1. The molecule has 32 heavy (non-hydrogen) atoms. The van der Waals surface area contributed by atoms with Crippen LogP contribution in [0.4, 0.5) is 18.0 Å². The molecule has 2 saturated heterocycles. The number of carbonyl (C=O) groups is 1. The second kappa shape index (κ2) is 8.24. The van der Waals surface area contributed by atoms with Crippen molar-refractivity contribution in [3.05, 3.63) is 29.3 Å². The zero-order valence-corrected chi connectivity index (χ0v) is 19.9. The van der Waals surface area contributed by atoms with E-state index in [2.05, 4.69) is 0 Å². The van der Waals surface area contributed by atoms with Crippen LogP contribution in [0.1, 0.15) is 78.4 Å². The number of halogens is 3. The van der Waals surface area contributed by atoms with Gasteiger partial charge in [0.2, 0.25) is 0 Å². The van der Waals surface area contributed by atoms with Gasteiger partial charge >= 0.3 is 19.4 Å². The topological polar surface area (TPSA) is 48.0 Å². The molecule has 0 radical (unpaired) electrons. The number of amides is 1. The lowest BCUT2D eigenvalue weighted by Crippen LogP contribution is -2.41. The van der Waals surface area contributed by atoms with E-state index in [1.807, 2.05) is 27.7 Å². The van der Waals surface area contributed by atoms with Gasteiger partial charge in [-0.1, -0.05) is 12.1 Å². The summed E-state index contributed by atoms with van der Waals surface area (Å²) < 4.78 is 59.1. The van der Waals surface area contributed by atoms with Gasteiger partial charge in [0.25, 0.3) is 0 Å². The average molecular weight is 455 g/mol. The highest BCUT2D eigenvalue weighted by molar-refractivity contribution is 6.62. The fourth-order valence-corrected chi connectivity index (χ4v) is 3.97. The molecule has 0 N–H and O–H groups in total. The van der Waals surface area contributed by atoms with Crippen molar-refractivity contribution in [1.82, 2.24) is 4.90 Å². The van der Waals surface area contributed by atoms with Crippen LogP contribution in [0.5, 0.6) is 0 Å². The van der Waals surface area contributed by atoms with Crippen LogP contribution in [0.2, 0.25) is 0 Å². The Morgan fingerprint density at radius 2 is 1.59 bits per heavy atom. The maximum Gasteiger partial charge on any atom is 0.495 e. The highest BCUT2D eigenvalue weighted by Gasteiger charge is 2.53. The second-order valence-corrected chi connectivity index (χ2v) is 10.7. The fraction of sp³-hybridized carbons (Fsp3) is 0.696. The van der Waals surface area contributed by atoms with Gasteiger partial charge in [-0.05, 0) is 84.3 Å². The maximum atomic E-state index is 14.0. The molecule has 1 aromatic carbocycles. The molecule has 0 aliphatic carbocycles. The van der Waals surface area contributed by atoms with Crippen molar-refractivity contribution < 1.29 is 32.0 Å². The third-order valence-electron chi connectivity index (χ3n) is 6.51. The number of carbonyl (C=O) groups excluding carboxylic acids is 1. The molecule has 5 nitrogen and oxygen atoms in total. The average Bonchev–Trinajstić information content (AvgIpc) is 2.86. The van der Waals surface area contributed by atoms with E-state index in [1.165, 1.54) is 12.1 Å². The van der Waals surface area contributed by atoms with E-state index in [0.29, 0.717) is 31.5 Å². The van der Waals surface area contributed by atoms with Crippen LogP contribution in [0.15, 0.2) is 18.2 Å². The lowest BCUT2D eigenvalue weighted by atomic mass is 9.74. The van der Waals surface area contributed by atoms with E-state index >= 15 is 0 Å². The van der Waals surface area contributed by atoms with Gasteiger partial charge < -0.3 is 18.9 Å². The number of nitrogens with zero attached hydrogens (tertiary/aromatic N) is 1. The number of likely N-dealkylation sites (tertiary alicyclic amines) is 1. The molecular weight excluding hydrogens is 422 g/mol. The van der Waals surface area contributed by atoms with Crippen LogP contribution >= 0.6 is 0 Å². The Labute approximate surface area is 188 Å². The number of alkyl halides is 3. The van der Waals surface area contributed by atoms with Gasteiger partial charge in [-0.15, -0.1) is 0 Å². The van der Waals surface area contributed by atoms with Crippen molar-refractivity contribution in [2.24, 2.45) is 0 Å². The molecule has 3 rings (SSSR count). The maximum absolute atomic E-state index is 14.0. The Bertz CT molecular complexity index is 840. The molecular formula is C23H33BF3NO4. The molecule has 2 aliphatic heterocycles. The molecule has 0 saturated carbocycles. The highest BCUT2D eigenvalue weighted by Crippen LogP contribution is 2.39. The summed E-state index contributed by atoms with van der Waals surface area (Å²) in [5, 5.41) is 0. The molecule has 1 aromatic rings. The van der Waals surface area contributed by atoms with Crippen LogP contribution in [-0.2, 0) is 20.2 Å². The van der Waals surface area contributed by atoms with Gasteiger partial charge in [-0.25, -0.2) is 4.79 Å². The molecule has 0 atom stereocenters. The predicted octanol–water partition coefficient (Wildman–Crippen LogP) is 5.12. The molecule has 0 aromatic heterocycles. The molecule has 2 fully saturated rings. The van der Waals surface area contributed by atoms with Crippen molar-refractivity contribution in [1.29, 1.82) is 0 Å². The molecule has 178 valence electrons. The van der Waals surface area contributed by atoms with E-state index in [9.17, 15) is 18.0 Å². The number of rotatable bonds is 2. The molecule has 2 aliphatic rings. The molecule has 0 bridgehead atoms. The van der Waals surface area contributed by atoms with Gasteiger partial charge in [0.15, 0.2) is 0 Å². The number of benzene rings is 1. The van der Waals surface area contributed by atoms with E-state index < -0.39 is 35.7 Å². The predicted molar refractivity (Wildman–Crippen MR) is 117 cm³/mol. The van der Waals surface area contributed by atoms with Gasteiger partial charge in [0, 0.05) is 13.1 Å². The molecule has 0 spiro atoms. The number of hydrogen-bond acceptors (Lipinski definition) is 4. The lowest BCUT2D eigenvalue weighted by Gasteiger charge is -2.34. The first-order chi connectivity index (χ1) is 14.5. The summed E-state index contributed by atoms with van der Waals surface area (Å²) in [7, 11) is -1.08. The SMILES string of the molecule is CC(C)(C)OC(=O)N1CCC(c2ccc(B3OC(C)(C)C(C)(C)O3)c(C(F)(F)F)c2)CC1. The van der Waals surface area contributed by atoms with Crippen molar-refractivity contribution in [3.8, 4) is 0 Å². The Kier molecular flexibility index (Phi) is 6.41. The normalized spacial score (nSPS) is 21.7. The van der Waals surface area contributed by atoms with Gasteiger partial charge in [-0.2, -0.15) is 13.2 Å².